The van der Waals surface area contributed by atoms with Gasteiger partial charge in [-0.1, -0.05) is 26.8 Å². The van der Waals surface area contributed by atoms with Gasteiger partial charge in [-0.3, -0.25) is 4.79 Å². The standard InChI is InChI=1S/C17H24ClNO2/c1-4-8-21-16-14(17(18)20)6-5-7-15(16)19-10-12(2)9-13(3)11-19/h5-7,12-13H,4,8-11H2,1-3H3. The number of hydrogen-bond acceptors (Lipinski definition) is 3. The Bertz CT molecular complexity index is 494. The predicted octanol–water partition coefficient (Wildman–Crippen LogP) is 4.34. The first-order chi connectivity index (χ1) is 10.0. The summed E-state index contributed by atoms with van der Waals surface area (Å²) in [6.07, 6.45) is 2.15. The molecule has 1 aliphatic rings. The van der Waals surface area contributed by atoms with Gasteiger partial charge in [0.15, 0.2) is 5.75 Å². The van der Waals surface area contributed by atoms with E-state index in [2.05, 4.69) is 25.7 Å². The van der Waals surface area contributed by atoms with E-state index in [1.807, 2.05) is 12.1 Å². The number of anilines is 1. The average molecular weight is 310 g/mol. The number of carbonyl (C=O) groups excluding carboxylic acids is 1. The molecular formula is C17H24ClNO2. The van der Waals surface area contributed by atoms with Crippen LogP contribution in [-0.2, 0) is 0 Å². The van der Waals surface area contributed by atoms with Gasteiger partial charge in [0.2, 0.25) is 0 Å². The number of rotatable bonds is 5. The molecule has 2 rings (SSSR count). The van der Waals surface area contributed by atoms with Crippen LogP contribution in [0.4, 0.5) is 5.69 Å². The van der Waals surface area contributed by atoms with Crippen molar-refractivity contribution in [3.8, 4) is 5.75 Å². The predicted molar refractivity (Wildman–Crippen MR) is 87.6 cm³/mol. The highest BCUT2D eigenvalue weighted by atomic mass is 35.5. The minimum absolute atomic E-state index is 0.457. The quantitative estimate of drug-likeness (QED) is 0.758. The first-order valence-electron chi connectivity index (χ1n) is 7.73. The van der Waals surface area contributed by atoms with Gasteiger partial charge in [0.25, 0.3) is 5.24 Å². The summed E-state index contributed by atoms with van der Waals surface area (Å²) in [7, 11) is 0. The molecule has 3 nitrogen and oxygen atoms in total. The van der Waals surface area contributed by atoms with Crippen molar-refractivity contribution >= 4 is 22.5 Å². The molecule has 0 spiro atoms. The third-order valence-electron chi connectivity index (χ3n) is 3.87. The van der Waals surface area contributed by atoms with Gasteiger partial charge < -0.3 is 9.64 Å². The Balaban J connectivity index is 2.36. The molecule has 4 heteroatoms. The van der Waals surface area contributed by atoms with Crippen molar-refractivity contribution in [2.24, 2.45) is 11.8 Å². The molecule has 1 aromatic rings. The van der Waals surface area contributed by atoms with Gasteiger partial charge in [0, 0.05) is 13.1 Å². The maximum Gasteiger partial charge on any atom is 0.256 e. The number of hydrogen-bond donors (Lipinski definition) is 0. The van der Waals surface area contributed by atoms with E-state index in [1.165, 1.54) is 6.42 Å². The van der Waals surface area contributed by atoms with Gasteiger partial charge in [-0.15, -0.1) is 0 Å². The SMILES string of the molecule is CCCOc1c(C(=O)Cl)cccc1N1CC(C)CC(C)C1. The second kappa shape index (κ2) is 7.17. The van der Waals surface area contributed by atoms with Crippen molar-refractivity contribution in [2.75, 3.05) is 24.6 Å². The second-order valence-electron chi connectivity index (χ2n) is 6.13. The lowest BCUT2D eigenvalue weighted by Gasteiger charge is -2.37. The third-order valence-corrected chi connectivity index (χ3v) is 4.07. The molecule has 0 amide bonds. The zero-order chi connectivity index (χ0) is 15.4. The van der Waals surface area contributed by atoms with Gasteiger partial charge in [0.1, 0.15) is 0 Å². The van der Waals surface area contributed by atoms with Crippen molar-refractivity contribution in [3.05, 3.63) is 23.8 Å². The summed E-state index contributed by atoms with van der Waals surface area (Å²) < 4.78 is 5.86. The lowest BCUT2D eigenvalue weighted by atomic mass is 9.91. The third kappa shape index (κ3) is 3.91. The Morgan fingerprint density at radius 1 is 1.33 bits per heavy atom. The van der Waals surface area contributed by atoms with E-state index in [1.54, 1.807) is 6.07 Å². The summed E-state index contributed by atoms with van der Waals surface area (Å²) >= 11 is 5.72. The fourth-order valence-corrected chi connectivity index (χ4v) is 3.29. The van der Waals surface area contributed by atoms with Crippen LogP contribution in [0.2, 0.25) is 0 Å². The molecular weight excluding hydrogens is 286 g/mol. The number of para-hydroxylation sites is 1. The summed E-state index contributed by atoms with van der Waals surface area (Å²) in [6, 6.07) is 5.65. The Morgan fingerprint density at radius 3 is 2.57 bits per heavy atom. The van der Waals surface area contributed by atoms with Crippen LogP contribution in [0.3, 0.4) is 0 Å². The van der Waals surface area contributed by atoms with Crippen LogP contribution >= 0.6 is 11.6 Å². The molecule has 1 heterocycles. The lowest BCUT2D eigenvalue weighted by Crippen LogP contribution is -2.39. The Morgan fingerprint density at radius 2 is 2.00 bits per heavy atom. The van der Waals surface area contributed by atoms with Gasteiger partial charge in [-0.25, -0.2) is 0 Å². The topological polar surface area (TPSA) is 29.5 Å². The monoisotopic (exact) mass is 309 g/mol. The highest BCUT2D eigenvalue weighted by Gasteiger charge is 2.26. The Hall–Kier alpha value is -1.22. The number of nitrogens with zero attached hydrogens (tertiary/aromatic N) is 1. The van der Waals surface area contributed by atoms with Crippen LogP contribution in [0.15, 0.2) is 18.2 Å². The zero-order valence-electron chi connectivity index (χ0n) is 13.1. The van der Waals surface area contributed by atoms with Crippen molar-refractivity contribution in [3.63, 3.8) is 0 Å². The van der Waals surface area contributed by atoms with E-state index in [0.717, 1.165) is 25.2 Å². The maximum atomic E-state index is 11.7. The fraction of sp³-hybridized carbons (Fsp3) is 0.588. The molecule has 1 aliphatic heterocycles. The normalized spacial score (nSPS) is 22.2. The van der Waals surface area contributed by atoms with Gasteiger partial charge in [0.05, 0.1) is 17.9 Å². The van der Waals surface area contributed by atoms with E-state index >= 15 is 0 Å². The molecule has 0 bridgehead atoms. The fourth-order valence-electron chi connectivity index (χ4n) is 3.14. The molecule has 0 aliphatic carbocycles. The molecule has 2 atom stereocenters. The minimum Gasteiger partial charge on any atom is -0.491 e. The van der Waals surface area contributed by atoms with Crippen LogP contribution in [0.1, 0.15) is 44.0 Å². The maximum absolute atomic E-state index is 11.7. The molecule has 1 aromatic carbocycles. The van der Waals surface area contributed by atoms with Gasteiger partial charge in [-0.05, 0) is 48.4 Å². The zero-order valence-corrected chi connectivity index (χ0v) is 13.8. The first kappa shape index (κ1) is 16.2. The molecule has 0 saturated carbocycles. The van der Waals surface area contributed by atoms with E-state index in [-0.39, 0.29) is 0 Å². The minimum atomic E-state index is -0.457. The first-order valence-corrected chi connectivity index (χ1v) is 8.11. The molecule has 0 N–H and O–H groups in total. The number of halogens is 1. The van der Waals surface area contributed by atoms with E-state index in [0.29, 0.717) is 29.8 Å². The van der Waals surface area contributed by atoms with Crippen LogP contribution in [-0.4, -0.2) is 24.9 Å². The molecule has 116 valence electrons. The van der Waals surface area contributed by atoms with Gasteiger partial charge in [-0.2, -0.15) is 0 Å². The second-order valence-corrected chi connectivity index (χ2v) is 6.47. The number of ether oxygens (including phenoxy) is 1. The lowest BCUT2D eigenvalue weighted by molar-refractivity contribution is 0.107. The van der Waals surface area contributed by atoms with E-state index < -0.39 is 5.24 Å². The number of carbonyl (C=O) groups is 1. The summed E-state index contributed by atoms with van der Waals surface area (Å²) in [6.45, 7) is 9.17. The summed E-state index contributed by atoms with van der Waals surface area (Å²) in [5.74, 6) is 1.92. The van der Waals surface area contributed by atoms with Crippen molar-refractivity contribution in [2.45, 2.75) is 33.6 Å². The molecule has 0 aromatic heterocycles. The summed E-state index contributed by atoms with van der Waals surface area (Å²) in [5.41, 5.74) is 1.46. The Labute approximate surface area is 132 Å². The molecule has 1 fully saturated rings. The highest BCUT2D eigenvalue weighted by molar-refractivity contribution is 6.68. The van der Waals surface area contributed by atoms with E-state index in [4.69, 9.17) is 16.3 Å². The van der Waals surface area contributed by atoms with Crippen molar-refractivity contribution in [1.29, 1.82) is 0 Å². The molecule has 2 unspecified atom stereocenters. The smallest absolute Gasteiger partial charge is 0.256 e. The molecule has 1 saturated heterocycles. The van der Waals surface area contributed by atoms with Crippen molar-refractivity contribution in [1.82, 2.24) is 0 Å². The van der Waals surface area contributed by atoms with Crippen molar-refractivity contribution < 1.29 is 9.53 Å². The molecule has 0 radical (unpaired) electrons. The van der Waals surface area contributed by atoms with Crippen LogP contribution in [0, 0.1) is 11.8 Å². The largest absolute Gasteiger partial charge is 0.491 e. The Kier molecular flexibility index (Phi) is 5.51. The highest BCUT2D eigenvalue weighted by Crippen LogP contribution is 2.36. The summed E-state index contributed by atoms with van der Waals surface area (Å²) in [4.78, 5) is 14.0. The van der Waals surface area contributed by atoms with Crippen LogP contribution in [0.25, 0.3) is 0 Å². The van der Waals surface area contributed by atoms with E-state index in [9.17, 15) is 4.79 Å². The average Bonchev–Trinajstić information content (AvgIpc) is 2.43. The van der Waals surface area contributed by atoms with Crippen LogP contribution < -0.4 is 9.64 Å². The summed E-state index contributed by atoms with van der Waals surface area (Å²) in [5, 5.41) is -0.457. The number of piperidine rings is 1. The van der Waals surface area contributed by atoms with Crippen LogP contribution in [0.5, 0.6) is 5.75 Å². The molecule has 21 heavy (non-hydrogen) atoms. The number of benzene rings is 1. The van der Waals surface area contributed by atoms with Gasteiger partial charge >= 0.3 is 0 Å².